The molecule has 3 aromatic rings. The molecule has 0 fully saturated rings. The molecule has 17 heavy (non-hydrogen) atoms. The Hall–Kier alpha value is -1.71. The summed E-state index contributed by atoms with van der Waals surface area (Å²) in [4.78, 5) is 16.1. The minimum atomic E-state index is -0.374. The Bertz CT molecular complexity index is 733. The van der Waals surface area contributed by atoms with Crippen molar-refractivity contribution in [2.75, 3.05) is 0 Å². The number of nitrogens with zero attached hydrogens (tertiary/aromatic N) is 2. The quantitative estimate of drug-likeness (QED) is 0.639. The van der Waals surface area contributed by atoms with Gasteiger partial charge in [0.1, 0.15) is 0 Å². The summed E-state index contributed by atoms with van der Waals surface area (Å²) in [6, 6.07) is 7.98. The van der Waals surface area contributed by atoms with E-state index >= 15 is 0 Å². The fourth-order valence-electron chi connectivity index (χ4n) is 1.64. The Balaban J connectivity index is 2.33. The standard InChI is InChI=1S/C12H7FN2OSe/c13-8-3-4-11-10(6-8)12(16)15(17-11)9-2-1-5-14-7-9/h1-7H. The first kappa shape index (κ1) is 10.4. The number of pyridine rings is 1. The number of benzene rings is 1. The van der Waals surface area contributed by atoms with Crippen molar-refractivity contribution in [3.8, 4) is 5.69 Å². The zero-order chi connectivity index (χ0) is 11.8. The minimum absolute atomic E-state index is 0.136. The fourth-order valence-corrected chi connectivity index (χ4v) is 3.67. The Morgan fingerprint density at radius 1 is 1.29 bits per heavy atom. The van der Waals surface area contributed by atoms with E-state index in [4.69, 9.17) is 0 Å². The van der Waals surface area contributed by atoms with Gasteiger partial charge in [0.25, 0.3) is 0 Å². The molecule has 0 radical (unpaired) electrons. The van der Waals surface area contributed by atoms with E-state index in [1.165, 1.54) is 12.1 Å². The second kappa shape index (κ2) is 3.95. The summed E-state index contributed by atoms with van der Waals surface area (Å²) in [6.45, 7) is 0. The van der Waals surface area contributed by atoms with Crippen LogP contribution in [0.25, 0.3) is 15.3 Å². The third kappa shape index (κ3) is 1.73. The first-order chi connectivity index (χ1) is 8.25. The first-order valence-corrected chi connectivity index (χ1v) is 6.60. The van der Waals surface area contributed by atoms with Gasteiger partial charge in [-0.05, 0) is 0 Å². The molecule has 0 atom stereocenters. The molecule has 0 N–H and O–H groups in total. The molecule has 0 aliphatic heterocycles. The van der Waals surface area contributed by atoms with Crippen LogP contribution in [-0.4, -0.2) is 23.3 Å². The van der Waals surface area contributed by atoms with Crippen molar-refractivity contribution in [2.45, 2.75) is 0 Å². The van der Waals surface area contributed by atoms with Crippen LogP contribution in [0.2, 0.25) is 0 Å². The van der Waals surface area contributed by atoms with E-state index in [1.807, 2.05) is 6.07 Å². The van der Waals surface area contributed by atoms with Gasteiger partial charge >= 0.3 is 102 Å². The van der Waals surface area contributed by atoms with Crippen LogP contribution < -0.4 is 5.56 Å². The molecule has 0 saturated heterocycles. The van der Waals surface area contributed by atoms with Crippen LogP contribution >= 0.6 is 0 Å². The van der Waals surface area contributed by atoms with Crippen molar-refractivity contribution in [2.24, 2.45) is 0 Å². The molecule has 3 nitrogen and oxygen atoms in total. The third-order valence-electron chi connectivity index (χ3n) is 2.43. The van der Waals surface area contributed by atoms with E-state index < -0.39 is 0 Å². The van der Waals surface area contributed by atoms with Crippen molar-refractivity contribution >= 4 is 24.4 Å². The maximum absolute atomic E-state index is 13.1. The number of rotatable bonds is 1. The molecular formula is C12H7FN2OSe. The fraction of sp³-hybridized carbons (Fsp3) is 0. The number of aromatic nitrogens is 2. The predicted molar refractivity (Wildman–Crippen MR) is 64.2 cm³/mol. The Morgan fingerprint density at radius 3 is 2.94 bits per heavy atom. The van der Waals surface area contributed by atoms with Gasteiger partial charge in [-0.1, -0.05) is 0 Å². The molecule has 3 rings (SSSR count). The third-order valence-corrected chi connectivity index (χ3v) is 4.76. The van der Waals surface area contributed by atoms with Crippen molar-refractivity contribution in [1.29, 1.82) is 0 Å². The first-order valence-electron chi connectivity index (χ1n) is 4.98. The summed E-state index contributed by atoms with van der Waals surface area (Å²) >= 11 is -0.136. The van der Waals surface area contributed by atoms with E-state index in [9.17, 15) is 9.18 Å². The van der Waals surface area contributed by atoms with Crippen molar-refractivity contribution in [1.82, 2.24) is 8.55 Å². The van der Waals surface area contributed by atoms with Gasteiger partial charge in [0.2, 0.25) is 0 Å². The second-order valence-electron chi connectivity index (χ2n) is 3.54. The van der Waals surface area contributed by atoms with Gasteiger partial charge in [0.05, 0.1) is 0 Å². The van der Waals surface area contributed by atoms with Gasteiger partial charge in [0.15, 0.2) is 0 Å². The van der Waals surface area contributed by atoms with Crippen LogP contribution in [0.5, 0.6) is 0 Å². The maximum atomic E-state index is 13.1. The SMILES string of the molecule is O=c1c2cc(F)ccc2[se]n1-c1cccnc1. The normalized spacial score (nSPS) is 10.9. The van der Waals surface area contributed by atoms with Crippen molar-refractivity contribution in [3.05, 3.63) is 58.9 Å². The summed E-state index contributed by atoms with van der Waals surface area (Å²) < 4.78 is 15.7. The molecule has 2 aromatic heterocycles. The Morgan fingerprint density at radius 2 is 2.18 bits per heavy atom. The molecule has 0 amide bonds. The van der Waals surface area contributed by atoms with Crippen LogP contribution in [0.15, 0.2) is 47.5 Å². The van der Waals surface area contributed by atoms with Gasteiger partial charge in [-0.25, -0.2) is 0 Å². The van der Waals surface area contributed by atoms with Crippen LogP contribution in [0.4, 0.5) is 4.39 Å². The van der Waals surface area contributed by atoms with Crippen LogP contribution in [-0.2, 0) is 0 Å². The van der Waals surface area contributed by atoms with Crippen LogP contribution in [0.1, 0.15) is 0 Å². The number of fused-ring (bicyclic) bond motifs is 1. The van der Waals surface area contributed by atoms with Gasteiger partial charge in [-0.15, -0.1) is 0 Å². The van der Waals surface area contributed by atoms with Gasteiger partial charge in [-0.3, -0.25) is 0 Å². The molecule has 0 spiro atoms. The molecule has 2 heterocycles. The summed E-state index contributed by atoms with van der Waals surface area (Å²) in [6.07, 6.45) is 3.30. The molecule has 0 bridgehead atoms. The zero-order valence-electron chi connectivity index (χ0n) is 8.63. The summed E-state index contributed by atoms with van der Waals surface area (Å²) in [7, 11) is 0. The average Bonchev–Trinajstić information content (AvgIpc) is 2.68. The average molecular weight is 293 g/mol. The number of hydrogen-bond donors (Lipinski definition) is 0. The van der Waals surface area contributed by atoms with Crippen molar-refractivity contribution in [3.63, 3.8) is 0 Å². The number of hydrogen-bond acceptors (Lipinski definition) is 2. The summed E-state index contributed by atoms with van der Waals surface area (Å²) in [5.41, 5.74) is 0.613. The molecule has 1 aromatic carbocycles. The zero-order valence-corrected chi connectivity index (χ0v) is 10.3. The van der Waals surface area contributed by atoms with Crippen LogP contribution in [0, 0.1) is 5.82 Å². The summed E-state index contributed by atoms with van der Waals surface area (Å²) in [5, 5.41) is 0.467. The molecule has 5 heteroatoms. The Kier molecular flexibility index (Phi) is 2.42. The number of halogens is 1. The molecular weight excluding hydrogens is 286 g/mol. The van der Waals surface area contributed by atoms with Gasteiger partial charge in [0, 0.05) is 0 Å². The van der Waals surface area contributed by atoms with Gasteiger partial charge in [-0.2, -0.15) is 0 Å². The summed E-state index contributed by atoms with van der Waals surface area (Å²) in [5.74, 6) is -0.374. The monoisotopic (exact) mass is 294 g/mol. The second-order valence-corrected chi connectivity index (χ2v) is 5.61. The van der Waals surface area contributed by atoms with E-state index in [1.54, 1.807) is 28.1 Å². The molecule has 0 unspecified atom stereocenters. The molecule has 0 saturated carbocycles. The van der Waals surface area contributed by atoms with E-state index in [2.05, 4.69) is 4.98 Å². The van der Waals surface area contributed by atoms with E-state index in [0.29, 0.717) is 5.39 Å². The van der Waals surface area contributed by atoms with Crippen LogP contribution in [0.3, 0.4) is 0 Å². The van der Waals surface area contributed by atoms with Gasteiger partial charge < -0.3 is 0 Å². The van der Waals surface area contributed by atoms with Crippen molar-refractivity contribution < 1.29 is 4.39 Å². The molecule has 0 aliphatic carbocycles. The molecule has 0 aliphatic rings. The molecule has 84 valence electrons. The topological polar surface area (TPSA) is 34.9 Å². The van der Waals surface area contributed by atoms with E-state index in [0.717, 1.165) is 9.95 Å². The Labute approximate surface area is 102 Å². The van der Waals surface area contributed by atoms with E-state index in [-0.39, 0.29) is 26.1 Å². The predicted octanol–water partition coefficient (Wildman–Crippen LogP) is 1.58.